The maximum atomic E-state index is 6.41. The summed E-state index contributed by atoms with van der Waals surface area (Å²) in [6.07, 6.45) is 0. The summed E-state index contributed by atoms with van der Waals surface area (Å²) >= 11 is 0. The highest BCUT2D eigenvalue weighted by molar-refractivity contribution is 6.09. The van der Waals surface area contributed by atoms with E-state index in [1.165, 1.54) is 11.1 Å². The van der Waals surface area contributed by atoms with Crippen molar-refractivity contribution in [2.24, 2.45) is 0 Å². The van der Waals surface area contributed by atoms with Crippen LogP contribution in [0, 0.1) is 0 Å². The summed E-state index contributed by atoms with van der Waals surface area (Å²) in [7, 11) is 0. The second-order valence-electron chi connectivity index (χ2n) is 10.4. The molecule has 0 spiro atoms. The predicted octanol–water partition coefficient (Wildman–Crippen LogP) is 10.0. The quantitative estimate of drug-likeness (QED) is 0.225. The molecule has 4 heteroatoms. The van der Waals surface area contributed by atoms with E-state index in [1.54, 1.807) is 0 Å². The fourth-order valence-electron chi connectivity index (χ4n) is 6.34. The van der Waals surface area contributed by atoms with Gasteiger partial charge in [-0.1, -0.05) is 97.1 Å². The number of hydrogen-bond acceptors (Lipinski definition) is 3. The molecular formula is C37H23N3O. The minimum absolute atomic E-state index is 0.864. The van der Waals surface area contributed by atoms with Crippen molar-refractivity contribution in [2.75, 3.05) is 4.90 Å². The van der Waals surface area contributed by atoms with Crippen LogP contribution in [0.15, 0.2) is 144 Å². The van der Waals surface area contributed by atoms with Gasteiger partial charge < -0.3 is 4.42 Å². The molecule has 0 aliphatic carbocycles. The molecule has 41 heavy (non-hydrogen) atoms. The van der Waals surface area contributed by atoms with E-state index in [1.807, 2.05) is 18.2 Å². The number of aromatic nitrogens is 2. The SMILES string of the molecule is c1cc(-c2cccc3c2oc2ccccc23)cc(N2c3ccccc3-c3ccccc3-n3c2nc2ccccc23)c1. The molecule has 1 aliphatic rings. The molecule has 8 aromatic rings. The van der Waals surface area contributed by atoms with Gasteiger partial charge in [0.2, 0.25) is 5.95 Å². The van der Waals surface area contributed by atoms with Crippen LogP contribution in [-0.2, 0) is 0 Å². The summed E-state index contributed by atoms with van der Waals surface area (Å²) in [5, 5.41) is 2.26. The lowest BCUT2D eigenvalue weighted by atomic mass is 10.00. The van der Waals surface area contributed by atoms with E-state index >= 15 is 0 Å². The Morgan fingerprint density at radius 2 is 1.22 bits per heavy atom. The number of nitrogens with zero attached hydrogens (tertiary/aromatic N) is 3. The van der Waals surface area contributed by atoms with Gasteiger partial charge in [0.1, 0.15) is 11.2 Å². The van der Waals surface area contributed by atoms with Crippen LogP contribution in [0.5, 0.6) is 0 Å². The molecule has 2 aromatic heterocycles. The number of fused-ring (bicyclic) bond motifs is 10. The van der Waals surface area contributed by atoms with Gasteiger partial charge in [-0.05, 0) is 48.0 Å². The third kappa shape index (κ3) is 3.19. The van der Waals surface area contributed by atoms with Crippen LogP contribution in [0.1, 0.15) is 0 Å². The third-order valence-electron chi connectivity index (χ3n) is 8.14. The van der Waals surface area contributed by atoms with Gasteiger partial charge in [0, 0.05) is 33.2 Å². The summed E-state index contributed by atoms with van der Waals surface area (Å²) in [5.41, 5.74) is 11.6. The van der Waals surface area contributed by atoms with Crippen molar-refractivity contribution < 1.29 is 4.42 Å². The zero-order chi connectivity index (χ0) is 26.9. The first-order valence-electron chi connectivity index (χ1n) is 13.8. The molecule has 0 unspecified atom stereocenters. The van der Waals surface area contributed by atoms with Crippen LogP contribution < -0.4 is 4.90 Å². The zero-order valence-electron chi connectivity index (χ0n) is 22.0. The molecule has 0 saturated carbocycles. The van der Waals surface area contributed by atoms with E-state index in [4.69, 9.17) is 9.40 Å². The Hall–Kier alpha value is -5.61. The van der Waals surface area contributed by atoms with Crippen molar-refractivity contribution in [1.29, 1.82) is 0 Å². The lowest BCUT2D eigenvalue weighted by molar-refractivity contribution is 0.670. The average Bonchev–Trinajstić information content (AvgIpc) is 3.57. The summed E-state index contributed by atoms with van der Waals surface area (Å²) in [5.74, 6) is 0.864. The maximum absolute atomic E-state index is 6.41. The Morgan fingerprint density at radius 3 is 2.15 bits per heavy atom. The maximum Gasteiger partial charge on any atom is 0.220 e. The molecule has 0 N–H and O–H groups in total. The normalized spacial score (nSPS) is 12.3. The molecular weight excluding hydrogens is 502 g/mol. The van der Waals surface area contributed by atoms with Crippen molar-refractivity contribution in [3.05, 3.63) is 140 Å². The first-order chi connectivity index (χ1) is 20.3. The number of benzene rings is 6. The predicted molar refractivity (Wildman–Crippen MR) is 167 cm³/mol. The Labute approximate surface area is 236 Å². The van der Waals surface area contributed by atoms with E-state index in [-0.39, 0.29) is 0 Å². The second-order valence-corrected chi connectivity index (χ2v) is 10.4. The standard InChI is InChI=1S/C37H23N3O/c1-5-19-32-27(13-1)28-14-2-6-20-33(28)40-34-21-7-4-18-31(34)38-37(40)39(32)25-12-9-11-24(23-25)26-16-10-17-30-29-15-3-8-22-35(29)41-36(26)30/h1-23H. The van der Waals surface area contributed by atoms with Gasteiger partial charge in [-0.25, -0.2) is 4.98 Å². The van der Waals surface area contributed by atoms with E-state index in [0.717, 1.165) is 67.1 Å². The number of para-hydroxylation sites is 6. The Balaban J connectivity index is 1.32. The van der Waals surface area contributed by atoms with Gasteiger partial charge in [-0.15, -0.1) is 0 Å². The average molecular weight is 526 g/mol. The third-order valence-corrected chi connectivity index (χ3v) is 8.14. The van der Waals surface area contributed by atoms with Gasteiger partial charge >= 0.3 is 0 Å². The van der Waals surface area contributed by atoms with Gasteiger partial charge in [-0.3, -0.25) is 9.47 Å². The Bertz CT molecular complexity index is 2290. The molecule has 3 heterocycles. The highest BCUT2D eigenvalue weighted by Crippen LogP contribution is 2.48. The van der Waals surface area contributed by atoms with Crippen LogP contribution in [0.2, 0.25) is 0 Å². The molecule has 4 nitrogen and oxygen atoms in total. The molecule has 6 aromatic carbocycles. The molecule has 0 atom stereocenters. The lowest BCUT2D eigenvalue weighted by Crippen LogP contribution is -2.14. The number of hydrogen-bond donors (Lipinski definition) is 0. The first-order valence-corrected chi connectivity index (χ1v) is 13.8. The van der Waals surface area contributed by atoms with Gasteiger partial charge in [0.05, 0.1) is 22.4 Å². The fraction of sp³-hybridized carbons (Fsp3) is 0. The van der Waals surface area contributed by atoms with Gasteiger partial charge in [0.15, 0.2) is 0 Å². The van der Waals surface area contributed by atoms with Crippen molar-refractivity contribution in [3.8, 4) is 27.9 Å². The molecule has 1 aliphatic heterocycles. The number of imidazole rings is 1. The zero-order valence-corrected chi connectivity index (χ0v) is 22.0. The van der Waals surface area contributed by atoms with E-state index in [2.05, 4.69) is 131 Å². The second kappa shape index (κ2) is 8.44. The summed E-state index contributed by atoms with van der Waals surface area (Å²) in [4.78, 5) is 7.51. The van der Waals surface area contributed by atoms with E-state index in [9.17, 15) is 0 Å². The fourth-order valence-corrected chi connectivity index (χ4v) is 6.34. The molecule has 0 fully saturated rings. The van der Waals surface area contributed by atoms with Crippen LogP contribution in [0.25, 0.3) is 60.9 Å². The number of furan rings is 1. The van der Waals surface area contributed by atoms with Crippen LogP contribution in [0.3, 0.4) is 0 Å². The van der Waals surface area contributed by atoms with Crippen LogP contribution in [-0.4, -0.2) is 9.55 Å². The van der Waals surface area contributed by atoms with Crippen molar-refractivity contribution in [3.63, 3.8) is 0 Å². The van der Waals surface area contributed by atoms with Crippen molar-refractivity contribution in [1.82, 2.24) is 9.55 Å². The summed E-state index contributed by atoms with van der Waals surface area (Å²) < 4.78 is 8.70. The molecule has 192 valence electrons. The summed E-state index contributed by atoms with van der Waals surface area (Å²) in [6, 6.07) is 48.9. The smallest absolute Gasteiger partial charge is 0.220 e. The highest BCUT2D eigenvalue weighted by atomic mass is 16.3. The molecule has 0 amide bonds. The van der Waals surface area contributed by atoms with Gasteiger partial charge in [0.25, 0.3) is 0 Å². The minimum Gasteiger partial charge on any atom is -0.455 e. The molecule has 0 radical (unpaired) electrons. The van der Waals surface area contributed by atoms with E-state index in [0.29, 0.717) is 0 Å². The van der Waals surface area contributed by atoms with Crippen LogP contribution in [0.4, 0.5) is 17.3 Å². The van der Waals surface area contributed by atoms with E-state index < -0.39 is 0 Å². The molecule has 0 saturated heterocycles. The number of anilines is 3. The van der Waals surface area contributed by atoms with Crippen molar-refractivity contribution in [2.45, 2.75) is 0 Å². The summed E-state index contributed by atoms with van der Waals surface area (Å²) in [6.45, 7) is 0. The topological polar surface area (TPSA) is 34.2 Å². The Kier molecular flexibility index (Phi) is 4.58. The highest BCUT2D eigenvalue weighted by Gasteiger charge is 2.29. The van der Waals surface area contributed by atoms with Gasteiger partial charge in [-0.2, -0.15) is 0 Å². The van der Waals surface area contributed by atoms with Crippen molar-refractivity contribution >= 4 is 50.3 Å². The molecule has 0 bridgehead atoms. The van der Waals surface area contributed by atoms with Crippen LogP contribution >= 0.6 is 0 Å². The molecule has 9 rings (SSSR count). The monoisotopic (exact) mass is 525 g/mol. The lowest BCUT2D eigenvalue weighted by Gasteiger charge is -2.25. The first kappa shape index (κ1) is 22.2. The largest absolute Gasteiger partial charge is 0.455 e. The Morgan fingerprint density at radius 1 is 0.537 bits per heavy atom. The minimum atomic E-state index is 0.864. The number of rotatable bonds is 2.